The lowest BCUT2D eigenvalue weighted by atomic mass is 10.0. The van der Waals surface area contributed by atoms with Crippen LogP contribution in [-0.4, -0.2) is 17.8 Å². The van der Waals surface area contributed by atoms with Crippen LogP contribution in [0.25, 0.3) is 0 Å². The fraction of sp³-hybridized carbons (Fsp3) is 0.714. The van der Waals surface area contributed by atoms with Crippen LogP contribution in [0.1, 0.15) is 43.6 Å². The number of hydrogen-bond donors (Lipinski definition) is 2. The molecule has 0 saturated heterocycles. The molecule has 1 atom stereocenters. The number of hydrogen-bond acceptors (Lipinski definition) is 3. The quantitative estimate of drug-likeness (QED) is 0.799. The normalized spacial score (nSPS) is 18.7. The Kier molecular flexibility index (Phi) is 4.63. The fourth-order valence-corrected chi connectivity index (χ4v) is 2.66. The molecule has 1 aromatic rings. The van der Waals surface area contributed by atoms with Crippen molar-refractivity contribution >= 4 is 0 Å². The molecule has 1 aliphatic carbocycles. The Morgan fingerprint density at radius 3 is 2.82 bits per heavy atom. The molecule has 3 heteroatoms. The van der Waals surface area contributed by atoms with Crippen molar-refractivity contribution < 1.29 is 9.52 Å². The van der Waals surface area contributed by atoms with E-state index in [2.05, 4.69) is 5.32 Å². The lowest BCUT2D eigenvalue weighted by Gasteiger charge is -2.15. The van der Waals surface area contributed by atoms with E-state index in [9.17, 15) is 5.11 Å². The first kappa shape index (κ1) is 12.7. The Hall–Kier alpha value is -0.800. The van der Waals surface area contributed by atoms with Gasteiger partial charge in [-0.2, -0.15) is 0 Å². The maximum atomic E-state index is 9.90. The van der Waals surface area contributed by atoms with Gasteiger partial charge in [0.05, 0.1) is 12.6 Å². The van der Waals surface area contributed by atoms with Gasteiger partial charge in [-0.05, 0) is 31.4 Å². The Bertz CT molecular complexity index is 329. The average molecular weight is 237 g/mol. The smallest absolute Gasteiger partial charge is 0.117 e. The summed E-state index contributed by atoms with van der Waals surface area (Å²) in [5.41, 5.74) is 0. The number of rotatable bonds is 6. The summed E-state index contributed by atoms with van der Waals surface area (Å²) < 4.78 is 5.45. The summed E-state index contributed by atoms with van der Waals surface area (Å²) in [6.07, 6.45) is 6.02. The van der Waals surface area contributed by atoms with Crippen LogP contribution in [0.4, 0.5) is 0 Å². The summed E-state index contributed by atoms with van der Waals surface area (Å²) in [7, 11) is 0. The number of aliphatic hydroxyl groups excluding tert-OH is 1. The van der Waals surface area contributed by atoms with E-state index in [-0.39, 0.29) is 6.10 Å². The Morgan fingerprint density at radius 1 is 1.41 bits per heavy atom. The zero-order valence-corrected chi connectivity index (χ0v) is 10.6. The van der Waals surface area contributed by atoms with Crippen LogP contribution in [0.15, 0.2) is 16.5 Å². The van der Waals surface area contributed by atoms with E-state index in [1.807, 2.05) is 19.1 Å². The summed E-state index contributed by atoms with van der Waals surface area (Å²) in [5.74, 6) is 2.63. The van der Waals surface area contributed by atoms with Gasteiger partial charge in [0, 0.05) is 6.54 Å². The van der Waals surface area contributed by atoms with Gasteiger partial charge >= 0.3 is 0 Å². The topological polar surface area (TPSA) is 45.4 Å². The number of furan rings is 1. The third-order valence-corrected chi connectivity index (χ3v) is 3.56. The minimum absolute atomic E-state index is 0.214. The van der Waals surface area contributed by atoms with E-state index < -0.39 is 0 Å². The van der Waals surface area contributed by atoms with Crippen LogP contribution in [-0.2, 0) is 6.54 Å². The maximum Gasteiger partial charge on any atom is 0.117 e. The highest BCUT2D eigenvalue weighted by molar-refractivity contribution is 5.05. The lowest BCUT2D eigenvalue weighted by Crippen LogP contribution is -2.27. The van der Waals surface area contributed by atoms with Gasteiger partial charge in [0.1, 0.15) is 11.5 Å². The Morgan fingerprint density at radius 2 is 2.18 bits per heavy atom. The first-order valence-electron chi connectivity index (χ1n) is 6.68. The van der Waals surface area contributed by atoms with Gasteiger partial charge in [-0.15, -0.1) is 0 Å². The molecule has 96 valence electrons. The second-order valence-electron chi connectivity index (χ2n) is 5.18. The highest BCUT2D eigenvalue weighted by Crippen LogP contribution is 2.28. The van der Waals surface area contributed by atoms with Gasteiger partial charge in [-0.3, -0.25) is 0 Å². The summed E-state index contributed by atoms with van der Waals surface area (Å²) in [6, 6.07) is 3.94. The summed E-state index contributed by atoms with van der Waals surface area (Å²) in [5, 5.41) is 13.1. The van der Waals surface area contributed by atoms with Crippen molar-refractivity contribution in [2.75, 3.05) is 6.54 Å². The van der Waals surface area contributed by atoms with Crippen LogP contribution < -0.4 is 5.32 Å². The van der Waals surface area contributed by atoms with E-state index in [1.165, 1.54) is 25.7 Å². The van der Waals surface area contributed by atoms with E-state index in [4.69, 9.17) is 4.42 Å². The highest BCUT2D eigenvalue weighted by Gasteiger charge is 2.18. The van der Waals surface area contributed by atoms with Gasteiger partial charge in [-0.1, -0.05) is 25.7 Å². The molecular formula is C14H23NO2. The van der Waals surface area contributed by atoms with Gasteiger partial charge < -0.3 is 14.8 Å². The molecule has 0 radical (unpaired) electrons. The van der Waals surface area contributed by atoms with Crippen LogP contribution in [0.2, 0.25) is 0 Å². The van der Waals surface area contributed by atoms with Gasteiger partial charge in [0.25, 0.3) is 0 Å². The first-order chi connectivity index (χ1) is 8.24. The molecule has 0 spiro atoms. The number of aryl methyl sites for hydroxylation is 1. The molecule has 0 amide bonds. The molecule has 1 fully saturated rings. The molecule has 0 aliphatic heterocycles. The first-order valence-corrected chi connectivity index (χ1v) is 6.68. The number of aliphatic hydroxyl groups is 1. The monoisotopic (exact) mass is 237 g/mol. The minimum Gasteiger partial charge on any atom is -0.465 e. The second-order valence-corrected chi connectivity index (χ2v) is 5.18. The largest absolute Gasteiger partial charge is 0.465 e. The summed E-state index contributed by atoms with van der Waals surface area (Å²) >= 11 is 0. The zero-order valence-electron chi connectivity index (χ0n) is 10.6. The van der Waals surface area contributed by atoms with Crippen LogP contribution in [0, 0.1) is 12.8 Å². The van der Waals surface area contributed by atoms with Crippen molar-refractivity contribution in [1.82, 2.24) is 5.32 Å². The van der Waals surface area contributed by atoms with Crippen molar-refractivity contribution in [2.45, 2.75) is 51.7 Å². The van der Waals surface area contributed by atoms with Gasteiger partial charge in [0.2, 0.25) is 0 Å². The van der Waals surface area contributed by atoms with Crippen LogP contribution in [0.5, 0.6) is 0 Å². The average Bonchev–Trinajstić information content (AvgIpc) is 2.90. The predicted octanol–water partition coefficient (Wildman–Crippen LogP) is 2.62. The molecule has 17 heavy (non-hydrogen) atoms. The van der Waals surface area contributed by atoms with Crippen molar-refractivity contribution in [3.63, 3.8) is 0 Å². The molecule has 1 aliphatic rings. The number of nitrogens with one attached hydrogen (secondary N) is 1. The molecule has 3 nitrogen and oxygen atoms in total. The van der Waals surface area contributed by atoms with Gasteiger partial charge in [0.15, 0.2) is 0 Å². The molecule has 1 saturated carbocycles. The molecule has 0 aromatic carbocycles. The SMILES string of the molecule is Cc1ccc(CNCC(O)CC2CCCC2)o1. The second kappa shape index (κ2) is 6.22. The maximum absolute atomic E-state index is 9.90. The van der Waals surface area contributed by atoms with Crippen molar-refractivity contribution in [3.05, 3.63) is 23.7 Å². The predicted molar refractivity (Wildman–Crippen MR) is 67.7 cm³/mol. The van der Waals surface area contributed by atoms with Crippen LogP contribution in [0.3, 0.4) is 0 Å². The van der Waals surface area contributed by atoms with E-state index >= 15 is 0 Å². The van der Waals surface area contributed by atoms with Crippen molar-refractivity contribution in [3.8, 4) is 0 Å². The fourth-order valence-electron chi connectivity index (χ4n) is 2.66. The Labute approximate surface area is 103 Å². The highest BCUT2D eigenvalue weighted by atomic mass is 16.3. The van der Waals surface area contributed by atoms with Crippen LogP contribution >= 0.6 is 0 Å². The third-order valence-electron chi connectivity index (χ3n) is 3.56. The van der Waals surface area contributed by atoms with Crippen molar-refractivity contribution in [2.24, 2.45) is 5.92 Å². The molecule has 2 rings (SSSR count). The van der Waals surface area contributed by atoms with E-state index in [0.29, 0.717) is 13.1 Å². The Balaban J connectivity index is 1.60. The molecule has 1 heterocycles. The third kappa shape index (κ3) is 4.17. The zero-order chi connectivity index (χ0) is 12.1. The lowest BCUT2D eigenvalue weighted by molar-refractivity contribution is 0.140. The van der Waals surface area contributed by atoms with E-state index in [0.717, 1.165) is 23.9 Å². The summed E-state index contributed by atoms with van der Waals surface area (Å²) in [4.78, 5) is 0. The summed E-state index contributed by atoms with van der Waals surface area (Å²) in [6.45, 7) is 3.31. The van der Waals surface area contributed by atoms with Gasteiger partial charge in [-0.25, -0.2) is 0 Å². The molecule has 1 unspecified atom stereocenters. The van der Waals surface area contributed by atoms with E-state index in [1.54, 1.807) is 0 Å². The molecular weight excluding hydrogens is 214 g/mol. The molecule has 1 aromatic heterocycles. The minimum atomic E-state index is -0.214. The molecule has 2 N–H and O–H groups in total. The van der Waals surface area contributed by atoms with Crippen molar-refractivity contribution in [1.29, 1.82) is 0 Å². The standard InChI is InChI=1S/C14H23NO2/c1-11-6-7-14(17-11)10-15-9-13(16)8-12-4-2-3-5-12/h6-7,12-13,15-16H,2-5,8-10H2,1H3. The molecule has 0 bridgehead atoms.